The molecule has 0 spiro atoms. The van der Waals surface area contributed by atoms with Gasteiger partial charge in [0.1, 0.15) is 0 Å². The van der Waals surface area contributed by atoms with Crippen LogP contribution < -0.4 is 16.0 Å². The fourth-order valence-electron chi connectivity index (χ4n) is 1.69. The third-order valence-corrected chi connectivity index (χ3v) is 2.90. The molecule has 1 aromatic heterocycles. The molecule has 0 aliphatic carbocycles. The molecule has 92 valence electrons. The largest absolute Gasteiger partial charge is 0.383 e. The molecule has 1 saturated heterocycles. The molecule has 1 aliphatic heterocycles. The molecule has 1 atom stereocenters. The zero-order chi connectivity index (χ0) is 12.1. The summed E-state index contributed by atoms with van der Waals surface area (Å²) in [5.74, 6) is 0.101. The maximum Gasteiger partial charge on any atom is 0.237 e. The Labute approximate surface area is 101 Å². The van der Waals surface area contributed by atoms with Gasteiger partial charge in [0.2, 0.25) is 5.91 Å². The van der Waals surface area contributed by atoms with Crippen molar-refractivity contribution >= 4 is 11.6 Å². The van der Waals surface area contributed by atoms with E-state index in [0.717, 1.165) is 30.8 Å². The predicted molar refractivity (Wildman–Crippen MR) is 66.9 cm³/mol. The maximum absolute atomic E-state index is 11.5. The van der Waals surface area contributed by atoms with Crippen LogP contribution in [0, 0.1) is 6.92 Å². The minimum absolute atomic E-state index is 0.0256. The van der Waals surface area contributed by atoms with Crippen molar-refractivity contribution in [2.24, 2.45) is 0 Å². The first-order valence-corrected chi connectivity index (χ1v) is 5.93. The van der Waals surface area contributed by atoms with Gasteiger partial charge >= 0.3 is 0 Å². The Hall–Kier alpha value is -1.62. The van der Waals surface area contributed by atoms with Crippen LogP contribution in [0.15, 0.2) is 18.5 Å². The van der Waals surface area contributed by atoms with Gasteiger partial charge in [-0.05, 0) is 31.5 Å². The van der Waals surface area contributed by atoms with Crippen molar-refractivity contribution in [3.63, 3.8) is 0 Å². The highest BCUT2D eigenvalue weighted by Gasteiger charge is 2.23. The molecule has 1 amide bonds. The summed E-state index contributed by atoms with van der Waals surface area (Å²) in [4.78, 5) is 15.5. The summed E-state index contributed by atoms with van der Waals surface area (Å²) < 4.78 is 0. The van der Waals surface area contributed by atoms with E-state index in [1.807, 2.05) is 19.2 Å². The number of nitrogens with one attached hydrogen (secondary N) is 3. The second kappa shape index (κ2) is 5.63. The zero-order valence-corrected chi connectivity index (χ0v) is 9.99. The van der Waals surface area contributed by atoms with Gasteiger partial charge in [-0.2, -0.15) is 0 Å². The van der Waals surface area contributed by atoms with E-state index in [2.05, 4.69) is 20.9 Å². The fourth-order valence-corrected chi connectivity index (χ4v) is 1.69. The monoisotopic (exact) mass is 234 g/mol. The van der Waals surface area contributed by atoms with Gasteiger partial charge in [-0.15, -0.1) is 0 Å². The van der Waals surface area contributed by atoms with Crippen molar-refractivity contribution in [1.82, 2.24) is 15.6 Å². The summed E-state index contributed by atoms with van der Waals surface area (Å²) in [6.45, 7) is 4.32. The molecular formula is C12H18N4O. The Morgan fingerprint density at radius 2 is 2.41 bits per heavy atom. The van der Waals surface area contributed by atoms with Crippen molar-refractivity contribution in [1.29, 1.82) is 0 Å². The molecule has 1 aromatic rings. The topological polar surface area (TPSA) is 66.0 Å². The number of rotatable bonds is 5. The number of nitrogens with zero attached hydrogens (tertiary/aromatic N) is 1. The number of hydrogen-bond acceptors (Lipinski definition) is 4. The first kappa shape index (κ1) is 11.9. The minimum atomic E-state index is 0.0256. The van der Waals surface area contributed by atoms with E-state index in [9.17, 15) is 4.79 Å². The van der Waals surface area contributed by atoms with Crippen LogP contribution in [-0.2, 0) is 4.79 Å². The highest BCUT2D eigenvalue weighted by Crippen LogP contribution is 2.10. The van der Waals surface area contributed by atoms with Crippen molar-refractivity contribution in [3.05, 3.63) is 24.0 Å². The maximum atomic E-state index is 11.5. The summed E-state index contributed by atoms with van der Waals surface area (Å²) in [5, 5.41) is 9.24. The van der Waals surface area contributed by atoms with Crippen molar-refractivity contribution in [3.8, 4) is 0 Å². The molecule has 2 rings (SSSR count). The van der Waals surface area contributed by atoms with E-state index < -0.39 is 0 Å². The van der Waals surface area contributed by atoms with Crippen molar-refractivity contribution < 1.29 is 4.79 Å². The van der Waals surface area contributed by atoms with Gasteiger partial charge in [0.25, 0.3) is 0 Å². The SMILES string of the molecule is Cc1cnccc1NCCNC(=O)C1CCN1. The standard InChI is InChI=1S/C12H18N4O/c1-9-8-13-4-2-10(9)15-6-7-16-12(17)11-3-5-14-11/h2,4,8,11,14H,3,5-7H2,1H3,(H,13,15)(H,16,17). The Balaban J connectivity index is 1.66. The third kappa shape index (κ3) is 3.17. The summed E-state index contributed by atoms with van der Waals surface area (Å²) in [5.41, 5.74) is 2.18. The van der Waals surface area contributed by atoms with Crippen LogP contribution in [0.1, 0.15) is 12.0 Å². The predicted octanol–water partition coefficient (Wildman–Crippen LogP) is 0.280. The van der Waals surface area contributed by atoms with E-state index in [1.54, 1.807) is 6.20 Å². The van der Waals surface area contributed by atoms with Crippen LogP contribution in [0.2, 0.25) is 0 Å². The Morgan fingerprint density at radius 1 is 1.59 bits per heavy atom. The zero-order valence-electron chi connectivity index (χ0n) is 9.99. The normalized spacial score (nSPS) is 18.3. The number of hydrogen-bond donors (Lipinski definition) is 3. The summed E-state index contributed by atoms with van der Waals surface area (Å²) in [6.07, 6.45) is 4.52. The number of anilines is 1. The van der Waals surface area contributed by atoms with Crippen molar-refractivity contribution in [2.45, 2.75) is 19.4 Å². The number of amides is 1. The van der Waals surface area contributed by atoms with E-state index in [4.69, 9.17) is 0 Å². The first-order valence-electron chi connectivity index (χ1n) is 5.93. The second-order valence-corrected chi connectivity index (χ2v) is 4.20. The smallest absolute Gasteiger partial charge is 0.237 e. The lowest BCUT2D eigenvalue weighted by Gasteiger charge is -2.26. The van der Waals surface area contributed by atoms with Crippen LogP contribution in [0.25, 0.3) is 0 Å². The molecule has 5 nitrogen and oxygen atoms in total. The molecule has 3 N–H and O–H groups in total. The minimum Gasteiger partial charge on any atom is -0.383 e. The molecule has 1 fully saturated rings. The molecule has 0 saturated carbocycles. The molecule has 1 aliphatic rings. The van der Waals surface area contributed by atoms with Crippen LogP contribution in [0.5, 0.6) is 0 Å². The van der Waals surface area contributed by atoms with Gasteiger partial charge in [-0.1, -0.05) is 0 Å². The lowest BCUT2D eigenvalue weighted by Crippen LogP contribution is -2.53. The average molecular weight is 234 g/mol. The van der Waals surface area contributed by atoms with Crippen LogP contribution in [0.4, 0.5) is 5.69 Å². The number of pyridine rings is 1. The molecule has 17 heavy (non-hydrogen) atoms. The van der Waals surface area contributed by atoms with Gasteiger partial charge in [0.15, 0.2) is 0 Å². The van der Waals surface area contributed by atoms with Crippen molar-refractivity contribution in [2.75, 3.05) is 25.0 Å². The number of carbonyl (C=O) groups is 1. The van der Waals surface area contributed by atoms with Gasteiger partial charge in [-0.25, -0.2) is 0 Å². The molecular weight excluding hydrogens is 216 g/mol. The van der Waals surface area contributed by atoms with Gasteiger partial charge in [0.05, 0.1) is 6.04 Å². The second-order valence-electron chi connectivity index (χ2n) is 4.20. The van der Waals surface area contributed by atoms with Crippen LogP contribution in [-0.4, -0.2) is 36.6 Å². The molecule has 0 bridgehead atoms. The number of aromatic nitrogens is 1. The highest BCUT2D eigenvalue weighted by molar-refractivity contribution is 5.82. The number of carbonyl (C=O) groups excluding carboxylic acids is 1. The molecule has 2 heterocycles. The van der Waals surface area contributed by atoms with E-state index >= 15 is 0 Å². The van der Waals surface area contributed by atoms with Gasteiger partial charge in [0, 0.05) is 31.2 Å². The Morgan fingerprint density at radius 3 is 3.06 bits per heavy atom. The highest BCUT2D eigenvalue weighted by atomic mass is 16.2. The lowest BCUT2D eigenvalue weighted by molar-refractivity contribution is -0.124. The molecule has 0 radical (unpaired) electrons. The van der Waals surface area contributed by atoms with E-state index in [1.165, 1.54) is 0 Å². The quantitative estimate of drug-likeness (QED) is 0.640. The third-order valence-electron chi connectivity index (χ3n) is 2.90. The molecule has 1 unspecified atom stereocenters. The summed E-state index contributed by atoms with van der Waals surface area (Å²) in [6, 6.07) is 1.96. The summed E-state index contributed by atoms with van der Waals surface area (Å²) >= 11 is 0. The van der Waals surface area contributed by atoms with E-state index in [-0.39, 0.29) is 11.9 Å². The van der Waals surface area contributed by atoms with Crippen LogP contribution in [0.3, 0.4) is 0 Å². The van der Waals surface area contributed by atoms with Gasteiger partial charge < -0.3 is 16.0 Å². The first-order chi connectivity index (χ1) is 8.27. The Kier molecular flexibility index (Phi) is 3.93. The fraction of sp³-hybridized carbons (Fsp3) is 0.500. The molecule has 5 heteroatoms. The van der Waals surface area contributed by atoms with Gasteiger partial charge in [-0.3, -0.25) is 9.78 Å². The number of aryl methyl sites for hydroxylation is 1. The van der Waals surface area contributed by atoms with E-state index in [0.29, 0.717) is 6.54 Å². The molecule has 0 aromatic carbocycles. The van der Waals surface area contributed by atoms with Crippen LogP contribution >= 0.6 is 0 Å². The summed E-state index contributed by atoms with van der Waals surface area (Å²) in [7, 11) is 0. The Bertz CT molecular complexity index is 390. The lowest BCUT2D eigenvalue weighted by atomic mass is 10.1. The average Bonchev–Trinajstić information content (AvgIpc) is 2.24.